The molecule has 0 spiro atoms. The number of hydrogen-bond acceptors (Lipinski definition) is 4. The van der Waals surface area contributed by atoms with Gasteiger partial charge in [-0.1, -0.05) is 77.1 Å². The van der Waals surface area contributed by atoms with Crippen molar-refractivity contribution in [1.82, 2.24) is 5.32 Å². The number of benzene rings is 2. The van der Waals surface area contributed by atoms with E-state index in [4.69, 9.17) is 9.98 Å². The second-order valence-electron chi connectivity index (χ2n) is 9.85. The zero-order chi connectivity index (χ0) is 20.6. The topological polar surface area (TPSA) is 48.8 Å². The number of rotatable bonds is 3. The third-order valence-corrected chi connectivity index (χ3v) is 5.89. The fourth-order valence-corrected chi connectivity index (χ4v) is 4.19. The van der Waals surface area contributed by atoms with Crippen molar-refractivity contribution in [3.63, 3.8) is 0 Å². The zero-order valence-electron chi connectivity index (χ0n) is 18.2. The fraction of sp³-hybridized carbons (Fsp3) is 0.440. The van der Waals surface area contributed by atoms with Crippen LogP contribution in [0.4, 0.5) is 5.69 Å². The summed E-state index contributed by atoms with van der Waals surface area (Å²) < 4.78 is 0. The van der Waals surface area contributed by atoms with Crippen molar-refractivity contribution in [1.29, 1.82) is 0 Å². The van der Waals surface area contributed by atoms with Crippen LogP contribution >= 0.6 is 0 Å². The molecule has 0 bridgehead atoms. The lowest BCUT2D eigenvalue weighted by Crippen LogP contribution is -2.41. The normalized spacial score (nSPS) is 19.0. The second kappa shape index (κ2) is 7.33. The first-order valence-corrected chi connectivity index (χ1v) is 10.5. The summed E-state index contributed by atoms with van der Waals surface area (Å²) in [6.07, 6.45) is 0.938. The van der Waals surface area contributed by atoms with E-state index in [0.717, 1.165) is 31.2 Å². The van der Waals surface area contributed by atoms with E-state index in [0.29, 0.717) is 0 Å². The number of fused-ring (bicyclic) bond motifs is 2. The van der Waals surface area contributed by atoms with Gasteiger partial charge in [-0.15, -0.1) is 0 Å². The minimum atomic E-state index is -0.106. The second-order valence-corrected chi connectivity index (χ2v) is 9.85. The standard InChI is InChI=1S/C25H32N4/c1-24(2,3)22-26-15-17-10-6-8-12-19(17)21(29-22)14-25(4,5)23-27-16-18-11-7-9-13-20(18)28-23/h6-13,21H,14-16H2,1-5H3,(H,26,29)(H,27,28). The summed E-state index contributed by atoms with van der Waals surface area (Å²) in [5.74, 6) is 2.15. The van der Waals surface area contributed by atoms with E-state index in [9.17, 15) is 0 Å². The van der Waals surface area contributed by atoms with Gasteiger partial charge in [-0.3, -0.25) is 9.98 Å². The monoisotopic (exact) mass is 388 g/mol. The number of aliphatic imine (C=N–C) groups is 2. The van der Waals surface area contributed by atoms with Gasteiger partial charge in [-0.2, -0.15) is 0 Å². The Balaban J connectivity index is 1.63. The lowest BCUT2D eigenvalue weighted by molar-refractivity contribution is 0.394. The van der Waals surface area contributed by atoms with Gasteiger partial charge in [0.25, 0.3) is 0 Å². The molecule has 0 aromatic heterocycles. The van der Waals surface area contributed by atoms with Gasteiger partial charge < -0.3 is 10.6 Å². The number of anilines is 1. The Bertz CT molecular complexity index is 963. The van der Waals surface area contributed by atoms with Gasteiger partial charge in [0.05, 0.1) is 19.1 Å². The van der Waals surface area contributed by atoms with Crippen LogP contribution in [-0.2, 0) is 13.1 Å². The highest BCUT2D eigenvalue weighted by Crippen LogP contribution is 2.37. The maximum absolute atomic E-state index is 4.92. The molecule has 0 saturated carbocycles. The summed E-state index contributed by atoms with van der Waals surface area (Å²) in [7, 11) is 0. The third kappa shape index (κ3) is 4.07. The van der Waals surface area contributed by atoms with Crippen LogP contribution in [0.25, 0.3) is 0 Å². The van der Waals surface area contributed by atoms with E-state index in [1.807, 2.05) is 0 Å². The zero-order valence-corrected chi connectivity index (χ0v) is 18.2. The van der Waals surface area contributed by atoms with Gasteiger partial charge in [0.1, 0.15) is 11.7 Å². The molecule has 4 rings (SSSR count). The number of hydrogen-bond donors (Lipinski definition) is 2. The van der Waals surface area contributed by atoms with Crippen LogP contribution in [0.5, 0.6) is 0 Å². The van der Waals surface area contributed by atoms with Crippen LogP contribution in [0.2, 0.25) is 0 Å². The summed E-state index contributed by atoms with van der Waals surface area (Å²) in [4.78, 5) is 9.82. The van der Waals surface area contributed by atoms with E-state index in [-0.39, 0.29) is 16.9 Å². The number of amidine groups is 2. The average molecular weight is 389 g/mol. The first-order chi connectivity index (χ1) is 13.7. The molecule has 152 valence electrons. The highest BCUT2D eigenvalue weighted by Gasteiger charge is 2.34. The van der Waals surface area contributed by atoms with E-state index < -0.39 is 0 Å². The first-order valence-electron chi connectivity index (χ1n) is 10.5. The lowest BCUT2D eigenvalue weighted by atomic mass is 9.80. The van der Waals surface area contributed by atoms with Crippen molar-refractivity contribution >= 4 is 17.4 Å². The van der Waals surface area contributed by atoms with Gasteiger partial charge in [0.2, 0.25) is 0 Å². The molecule has 0 fully saturated rings. The molecule has 1 unspecified atom stereocenters. The van der Waals surface area contributed by atoms with Crippen LogP contribution in [0, 0.1) is 10.8 Å². The Morgan fingerprint density at radius 3 is 2.21 bits per heavy atom. The molecule has 4 heteroatoms. The molecule has 29 heavy (non-hydrogen) atoms. The maximum atomic E-state index is 4.92. The van der Waals surface area contributed by atoms with E-state index in [1.54, 1.807) is 0 Å². The average Bonchev–Trinajstić information content (AvgIpc) is 2.87. The van der Waals surface area contributed by atoms with Crippen molar-refractivity contribution < 1.29 is 0 Å². The van der Waals surface area contributed by atoms with Gasteiger partial charge in [-0.25, -0.2) is 0 Å². The number of para-hydroxylation sites is 1. The van der Waals surface area contributed by atoms with Crippen LogP contribution in [0.15, 0.2) is 58.5 Å². The molecule has 2 aliphatic rings. The van der Waals surface area contributed by atoms with Crippen molar-refractivity contribution in [2.45, 2.75) is 60.2 Å². The van der Waals surface area contributed by atoms with E-state index >= 15 is 0 Å². The minimum Gasteiger partial charge on any atom is -0.367 e. The van der Waals surface area contributed by atoms with E-state index in [2.05, 4.69) is 93.8 Å². The number of nitrogens with zero attached hydrogens (tertiary/aromatic N) is 2. The smallest absolute Gasteiger partial charge is 0.107 e. The molecule has 2 heterocycles. The summed E-state index contributed by atoms with van der Waals surface area (Å²) in [5.41, 5.74) is 4.98. The van der Waals surface area contributed by atoms with E-state index in [1.165, 1.54) is 22.4 Å². The van der Waals surface area contributed by atoms with Gasteiger partial charge in [-0.05, 0) is 29.2 Å². The molecule has 2 aromatic rings. The highest BCUT2D eigenvalue weighted by molar-refractivity contribution is 6.01. The molecule has 0 saturated heterocycles. The van der Waals surface area contributed by atoms with Crippen molar-refractivity contribution in [2.75, 3.05) is 5.32 Å². The largest absolute Gasteiger partial charge is 0.367 e. The molecule has 2 N–H and O–H groups in total. The molecule has 0 aliphatic carbocycles. The third-order valence-electron chi connectivity index (χ3n) is 5.89. The number of nitrogens with one attached hydrogen (secondary N) is 2. The molecular weight excluding hydrogens is 356 g/mol. The van der Waals surface area contributed by atoms with Crippen LogP contribution in [0.3, 0.4) is 0 Å². The quantitative estimate of drug-likeness (QED) is 0.707. The predicted molar refractivity (Wildman–Crippen MR) is 123 cm³/mol. The van der Waals surface area contributed by atoms with Crippen molar-refractivity contribution in [2.24, 2.45) is 20.8 Å². The summed E-state index contributed by atoms with van der Waals surface area (Å²) in [5, 5.41) is 7.39. The Labute approximate surface area is 174 Å². The molecule has 4 nitrogen and oxygen atoms in total. The summed E-state index contributed by atoms with van der Waals surface area (Å²) in [6, 6.07) is 17.3. The molecule has 2 aromatic carbocycles. The SMILES string of the molecule is CC(C)(C)C1=NCc2ccccc2C(CC(C)(C)C2=NCc3ccccc3N2)N1. The Kier molecular flexibility index (Phi) is 4.97. The minimum absolute atomic E-state index is 0.00994. The Hall–Kier alpha value is -2.62. The molecule has 0 radical (unpaired) electrons. The summed E-state index contributed by atoms with van der Waals surface area (Å²) >= 11 is 0. The maximum Gasteiger partial charge on any atom is 0.107 e. The molecule has 0 amide bonds. The van der Waals surface area contributed by atoms with Gasteiger partial charge in [0, 0.05) is 16.5 Å². The Morgan fingerprint density at radius 1 is 0.828 bits per heavy atom. The van der Waals surface area contributed by atoms with Crippen LogP contribution in [-0.4, -0.2) is 11.7 Å². The summed E-state index contributed by atoms with van der Waals surface area (Å²) in [6.45, 7) is 12.7. The first kappa shape index (κ1) is 19.7. The predicted octanol–water partition coefficient (Wildman–Crippen LogP) is 5.72. The highest BCUT2D eigenvalue weighted by atomic mass is 15.1. The molecule has 1 atom stereocenters. The van der Waals surface area contributed by atoms with Gasteiger partial charge in [0.15, 0.2) is 0 Å². The fourth-order valence-electron chi connectivity index (χ4n) is 4.19. The molecular formula is C25H32N4. The molecule has 2 aliphatic heterocycles. The van der Waals surface area contributed by atoms with Crippen molar-refractivity contribution in [3.05, 3.63) is 65.2 Å². The van der Waals surface area contributed by atoms with Crippen molar-refractivity contribution in [3.8, 4) is 0 Å². The van der Waals surface area contributed by atoms with Gasteiger partial charge >= 0.3 is 0 Å². The lowest BCUT2D eigenvalue weighted by Gasteiger charge is -2.36. The Morgan fingerprint density at radius 2 is 1.45 bits per heavy atom. The van der Waals surface area contributed by atoms with Crippen LogP contribution < -0.4 is 10.6 Å². The van der Waals surface area contributed by atoms with Crippen LogP contribution in [0.1, 0.15) is 63.8 Å².